The highest BCUT2D eigenvalue weighted by Gasteiger charge is 2.48. The lowest BCUT2D eigenvalue weighted by Gasteiger charge is -2.34. The zero-order valence-electron chi connectivity index (χ0n) is 11.6. The van der Waals surface area contributed by atoms with Gasteiger partial charge in [0.15, 0.2) is 0 Å². The maximum Gasteiger partial charge on any atom is 0.249 e. The second-order valence-electron chi connectivity index (χ2n) is 5.34. The highest BCUT2D eigenvalue weighted by molar-refractivity contribution is 5.80. The Balaban J connectivity index is 2.13. The number of alkyl halides is 2. The summed E-state index contributed by atoms with van der Waals surface area (Å²) < 4.78 is 25.7. The van der Waals surface area contributed by atoms with E-state index in [1.54, 1.807) is 0 Å². The van der Waals surface area contributed by atoms with Crippen LogP contribution < -0.4 is 11.6 Å². The molecule has 0 spiro atoms. The Bertz CT molecular complexity index is 523. The third-order valence-electron chi connectivity index (χ3n) is 3.67. The van der Waals surface area contributed by atoms with Gasteiger partial charge in [0.25, 0.3) is 0 Å². The minimum atomic E-state index is -2.62. The highest BCUT2D eigenvalue weighted by Crippen LogP contribution is 2.43. The van der Waals surface area contributed by atoms with E-state index in [1.165, 1.54) is 0 Å². The van der Waals surface area contributed by atoms with Crippen LogP contribution in [0.5, 0.6) is 0 Å². The number of hydrogen-bond acceptors (Lipinski definition) is 4. The van der Waals surface area contributed by atoms with Gasteiger partial charge in [0.2, 0.25) is 11.8 Å². The molecule has 1 unspecified atom stereocenters. The van der Waals surface area contributed by atoms with Crippen molar-refractivity contribution in [2.24, 2.45) is 16.8 Å². The van der Waals surface area contributed by atoms with Crippen molar-refractivity contribution in [3.8, 4) is 0 Å². The summed E-state index contributed by atoms with van der Waals surface area (Å²) in [6.45, 7) is 3.76. The summed E-state index contributed by atoms with van der Waals surface area (Å²) in [7, 11) is 0. The molecule has 0 aliphatic heterocycles. The number of hydrogen-bond donors (Lipinski definition) is 2. The van der Waals surface area contributed by atoms with Crippen LogP contribution in [0.3, 0.4) is 0 Å². The minimum Gasteiger partial charge on any atom is -0.399 e. The topological polar surface area (TPSA) is 73.6 Å². The second-order valence-corrected chi connectivity index (χ2v) is 5.34. The first-order chi connectivity index (χ1) is 9.32. The van der Waals surface area contributed by atoms with Crippen LogP contribution >= 0.6 is 0 Å². The second kappa shape index (κ2) is 5.36. The van der Waals surface area contributed by atoms with Gasteiger partial charge in [0.1, 0.15) is 0 Å². The van der Waals surface area contributed by atoms with E-state index >= 15 is 0 Å². The molecule has 0 heterocycles. The quantitative estimate of drug-likeness (QED) is 0.387. The number of nitrogens with zero attached hydrogens (tertiary/aromatic N) is 1. The largest absolute Gasteiger partial charge is 0.399 e. The van der Waals surface area contributed by atoms with E-state index < -0.39 is 11.8 Å². The minimum absolute atomic E-state index is 0.183. The Labute approximate surface area is 116 Å². The van der Waals surface area contributed by atoms with Gasteiger partial charge in [-0.05, 0) is 31.0 Å². The lowest BCUT2D eigenvalue weighted by molar-refractivity contribution is -0.0958. The van der Waals surface area contributed by atoms with Gasteiger partial charge in [-0.15, -0.1) is 0 Å². The molecule has 0 bridgehead atoms. The SMILES string of the molecule is Cc1ccc(C(C)N=C(ON)C2CC(F)(F)C2)cc1N. The molecule has 1 fully saturated rings. The lowest BCUT2D eigenvalue weighted by atomic mass is 9.81. The smallest absolute Gasteiger partial charge is 0.249 e. The van der Waals surface area contributed by atoms with Gasteiger partial charge in [-0.3, -0.25) is 0 Å². The summed E-state index contributed by atoms with van der Waals surface area (Å²) in [6, 6.07) is 5.39. The maximum atomic E-state index is 12.9. The molecule has 1 aliphatic rings. The van der Waals surface area contributed by atoms with Gasteiger partial charge in [-0.1, -0.05) is 12.1 Å². The number of anilines is 1. The maximum absolute atomic E-state index is 12.9. The van der Waals surface area contributed by atoms with Gasteiger partial charge in [-0.25, -0.2) is 13.8 Å². The fourth-order valence-corrected chi connectivity index (χ4v) is 2.25. The summed E-state index contributed by atoms with van der Waals surface area (Å²) in [5.74, 6) is 2.31. The molecular formula is C14H19F2N3O. The van der Waals surface area contributed by atoms with Gasteiger partial charge in [0, 0.05) is 24.4 Å². The van der Waals surface area contributed by atoms with E-state index in [2.05, 4.69) is 9.83 Å². The van der Waals surface area contributed by atoms with Crippen molar-refractivity contribution >= 4 is 11.6 Å². The number of rotatable bonds is 3. The van der Waals surface area contributed by atoms with Crippen molar-refractivity contribution in [1.29, 1.82) is 0 Å². The predicted octanol–water partition coefficient (Wildman–Crippen LogP) is 2.97. The van der Waals surface area contributed by atoms with Crippen molar-refractivity contribution < 1.29 is 13.6 Å². The molecule has 20 heavy (non-hydrogen) atoms. The summed E-state index contributed by atoms with van der Waals surface area (Å²) in [5, 5.41) is 0. The first-order valence-corrected chi connectivity index (χ1v) is 6.50. The third kappa shape index (κ3) is 3.07. The standard InChI is InChI=1S/C14H19F2N3O/c1-8-3-4-10(5-12(8)17)9(2)19-13(20-18)11-6-14(15,16)7-11/h3-5,9,11H,6-7,17-18H2,1-2H3. The Morgan fingerprint density at radius 2 is 2.10 bits per heavy atom. The van der Waals surface area contributed by atoms with Crippen LogP contribution in [-0.2, 0) is 4.84 Å². The molecule has 0 amide bonds. The van der Waals surface area contributed by atoms with Crippen molar-refractivity contribution in [3.63, 3.8) is 0 Å². The van der Waals surface area contributed by atoms with Crippen molar-refractivity contribution in [2.75, 3.05) is 5.73 Å². The Kier molecular flexibility index (Phi) is 3.94. The predicted molar refractivity (Wildman–Crippen MR) is 74.4 cm³/mol. The van der Waals surface area contributed by atoms with Crippen LogP contribution in [-0.4, -0.2) is 11.8 Å². The van der Waals surface area contributed by atoms with Crippen molar-refractivity contribution in [2.45, 2.75) is 38.7 Å². The fraction of sp³-hybridized carbons (Fsp3) is 0.500. The first-order valence-electron chi connectivity index (χ1n) is 6.50. The van der Waals surface area contributed by atoms with Gasteiger partial charge in [-0.2, -0.15) is 5.90 Å². The third-order valence-corrected chi connectivity index (χ3v) is 3.67. The average molecular weight is 283 g/mol. The van der Waals surface area contributed by atoms with E-state index in [-0.39, 0.29) is 24.8 Å². The molecule has 2 rings (SSSR count). The Morgan fingerprint density at radius 1 is 1.45 bits per heavy atom. The first kappa shape index (κ1) is 14.7. The van der Waals surface area contributed by atoms with Gasteiger partial charge < -0.3 is 10.6 Å². The summed E-state index contributed by atoms with van der Waals surface area (Å²) >= 11 is 0. The Morgan fingerprint density at radius 3 is 2.60 bits per heavy atom. The summed E-state index contributed by atoms with van der Waals surface area (Å²) in [5.41, 5.74) is 8.41. The zero-order chi connectivity index (χ0) is 14.9. The molecule has 1 atom stereocenters. The van der Waals surface area contributed by atoms with E-state index in [4.69, 9.17) is 11.6 Å². The summed E-state index contributed by atoms with van der Waals surface area (Å²) in [6.07, 6.45) is -0.516. The van der Waals surface area contributed by atoms with E-state index in [1.807, 2.05) is 32.0 Å². The number of nitrogen functional groups attached to an aromatic ring is 1. The molecule has 4 nitrogen and oxygen atoms in total. The van der Waals surface area contributed by atoms with Crippen LogP contribution in [0, 0.1) is 12.8 Å². The molecule has 0 radical (unpaired) electrons. The molecule has 0 saturated heterocycles. The normalized spacial score (nSPS) is 20.4. The zero-order valence-corrected chi connectivity index (χ0v) is 11.6. The molecule has 1 saturated carbocycles. The molecule has 1 aromatic carbocycles. The molecule has 1 aliphatic carbocycles. The van der Waals surface area contributed by atoms with Gasteiger partial charge >= 0.3 is 0 Å². The number of aryl methyl sites for hydroxylation is 1. The van der Waals surface area contributed by atoms with Crippen LogP contribution in [0.1, 0.15) is 36.9 Å². The molecule has 4 N–H and O–H groups in total. The van der Waals surface area contributed by atoms with Crippen LogP contribution in [0.25, 0.3) is 0 Å². The average Bonchev–Trinajstić information content (AvgIpc) is 2.36. The number of benzene rings is 1. The monoisotopic (exact) mass is 283 g/mol. The van der Waals surface area contributed by atoms with Crippen LogP contribution in [0.2, 0.25) is 0 Å². The lowest BCUT2D eigenvalue weighted by Crippen LogP contribution is -2.41. The molecule has 0 aromatic heterocycles. The fourth-order valence-electron chi connectivity index (χ4n) is 2.25. The summed E-state index contributed by atoms with van der Waals surface area (Å²) in [4.78, 5) is 8.98. The number of aliphatic imine (C=N–C) groups is 1. The van der Waals surface area contributed by atoms with Gasteiger partial charge in [0.05, 0.1) is 6.04 Å². The van der Waals surface area contributed by atoms with E-state index in [0.29, 0.717) is 5.69 Å². The highest BCUT2D eigenvalue weighted by atomic mass is 19.3. The Hall–Kier alpha value is -1.69. The molecular weight excluding hydrogens is 264 g/mol. The van der Waals surface area contributed by atoms with Crippen LogP contribution in [0.15, 0.2) is 23.2 Å². The van der Waals surface area contributed by atoms with Crippen molar-refractivity contribution in [1.82, 2.24) is 0 Å². The van der Waals surface area contributed by atoms with E-state index in [9.17, 15) is 8.78 Å². The van der Waals surface area contributed by atoms with E-state index in [0.717, 1.165) is 11.1 Å². The molecule has 1 aromatic rings. The molecule has 110 valence electrons. The van der Waals surface area contributed by atoms with Crippen LogP contribution in [0.4, 0.5) is 14.5 Å². The molecule has 6 heteroatoms. The van der Waals surface area contributed by atoms with Crippen molar-refractivity contribution in [3.05, 3.63) is 29.3 Å². The number of halogens is 2. The number of nitrogens with two attached hydrogens (primary N) is 2.